The third kappa shape index (κ3) is 5.06. The zero-order valence-corrected chi connectivity index (χ0v) is 22.6. The van der Waals surface area contributed by atoms with Crippen molar-refractivity contribution in [2.75, 3.05) is 32.0 Å². The average molecular weight is 584 g/mol. The number of halogens is 1. The topological polar surface area (TPSA) is 98.4 Å². The molecule has 0 spiro atoms. The standard InChI is InChI=1S/C30H26BrN5O3/c1-19(35-11-13-38-14-12-35)20-5-10-27-21(15-20)16-28(34-27)29(37)26-18-33-36(30(26)32)23-6-8-24(9-7-23)39-25-4-2-3-22(31)17-25/h2-10,15-18,34H,1,11-14,32H2. The van der Waals surface area contributed by atoms with Crippen molar-refractivity contribution in [3.63, 3.8) is 0 Å². The van der Waals surface area contributed by atoms with Gasteiger partial charge in [0.15, 0.2) is 0 Å². The van der Waals surface area contributed by atoms with E-state index in [1.807, 2.05) is 72.8 Å². The number of hydrogen-bond acceptors (Lipinski definition) is 6. The second-order valence-electron chi connectivity index (χ2n) is 9.27. The minimum atomic E-state index is -0.224. The van der Waals surface area contributed by atoms with Crippen molar-refractivity contribution < 1.29 is 14.3 Å². The van der Waals surface area contributed by atoms with E-state index in [0.717, 1.165) is 51.2 Å². The van der Waals surface area contributed by atoms with Crippen LogP contribution in [-0.4, -0.2) is 51.8 Å². The van der Waals surface area contributed by atoms with Gasteiger partial charge in [-0.25, -0.2) is 4.68 Å². The number of benzene rings is 3. The number of anilines is 1. The molecule has 0 unspecified atom stereocenters. The summed E-state index contributed by atoms with van der Waals surface area (Å²) < 4.78 is 13.8. The quantitative estimate of drug-likeness (QED) is 0.227. The third-order valence-electron chi connectivity index (χ3n) is 6.76. The van der Waals surface area contributed by atoms with Crippen molar-refractivity contribution >= 4 is 44.1 Å². The molecule has 3 heterocycles. The van der Waals surface area contributed by atoms with E-state index in [4.69, 9.17) is 15.2 Å². The van der Waals surface area contributed by atoms with Gasteiger partial charge in [0.1, 0.15) is 17.3 Å². The van der Waals surface area contributed by atoms with Crippen molar-refractivity contribution in [3.05, 3.63) is 107 Å². The Morgan fingerprint density at radius 1 is 1.03 bits per heavy atom. The molecule has 2 aromatic heterocycles. The first-order valence-electron chi connectivity index (χ1n) is 12.5. The number of nitrogens with two attached hydrogens (primary N) is 1. The molecule has 9 heteroatoms. The van der Waals surface area contributed by atoms with Crippen molar-refractivity contribution in [1.29, 1.82) is 0 Å². The van der Waals surface area contributed by atoms with Gasteiger partial charge in [0.05, 0.1) is 36.4 Å². The van der Waals surface area contributed by atoms with Gasteiger partial charge in [0.2, 0.25) is 5.78 Å². The average Bonchev–Trinajstić information content (AvgIpc) is 3.56. The molecule has 0 bridgehead atoms. The summed E-state index contributed by atoms with van der Waals surface area (Å²) >= 11 is 3.45. The summed E-state index contributed by atoms with van der Waals surface area (Å²) in [6, 6.07) is 22.8. The fraction of sp³-hybridized carbons (Fsp3) is 0.133. The molecule has 0 amide bonds. The molecule has 3 aromatic carbocycles. The van der Waals surface area contributed by atoms with Gasteiger partial charge in [-0.1, -0.05) is 34.6 Å². The minimum Gasteiger partial charge on any atom is -0.457 e. The maximum atomic E-state index is 13.4. The number of morpholine rings is 1. The molecule has 1 aliphatic rings. The molecule has 0 radical (unpaired) electrons. The Labute approximate surface area is 233 Å². The number of carbonyl (C=O) groups excluding carboxylic acids is 1. The van der Waals surface area contributed by atoms with Crippen LogP contribution >= 0.6 is 15.9 Å². The van der Waals surface area contributed by atoms with E-state index in [-0.39, 0.29) is 11.6 Å². The van der Waals surface area contributed by atoms with Crippen LogP contribution in [0.1, 0.15) is 21.6 Å². The summed E-state index contributed by atoms with van der Waals surface area (Å²) in [4.78, 5) is 18.8. The largest absolute Gasteiger partial charge is 0.457 e. The maximum absolute atomic E-state index is 13.4. The molecule has 1 aliphatic heterocycles. The molecular formula is C30H26BrN5O3. The summed E-state index contributed by atoms with van der Waals surface area (Å²) in [6.07, 6.45) is 1.50. The SMILES string of the molecule is C=C(c1ccc2[nH]c(C(=O)c3cnn(-c4ccc(Oc5cccc(Br)c5)cc4)c3N)cc2c1)N1CCOCC1. The van der Waals surface area contributed by atoms with Gasteiger partial charge in [-0.3, -0.25) is 4.79 Å². The van der Waals surface area contributed by atoms with E-state index in [1.165, 1.54) is 6.20 Å². The third-order valence-corrected chi connectivity index (χ3v) is 7.25. The van der Waals surface area contributed by atoms with Crippen molar-refractivity contribution in [2.45, 2.75) is 0 Å². The number of aromatic amines is 1. The number of nitrogen functional groups attached to an aromatic ring is 1. The Morgan fingerprint density at radius 3 is 2.59 bits per heavy atom. The number of fused-ring (bicyclic) bond motifs is 1. The second-order valence-corrected chi connectivity index (χ2v) is 10.2. The highest BCUT2D eigenvalue weighted by Crippen LogP contribution is 2.28. The van der Waals surface area contributed by atoms with Crippen LogP contribution in [0, 0.1) is 0 Å². The van der Waals surface area contributed by atoms with Crippen molar-refractivity contribution in [2.24, 2.45) is 0 Å². The Morgan fingerprint density at radius 2 is 1.82 bits per heavy atom. The molecule has 6 rings (SSSR count). The number of aromatic nitrogens is 3. The van der Waals surface area contributed by atoms with E-state index < -0.39 is 0 Å². The Bertz CT molecular complexity index is 1680. The van der Waals surface area contributed by atoms with Gasteiger partial charge < -0.3 is 25.1 Å². The molecule has 3 N–H and O–H groups in total. The molecule has 0 saturated carbocycles. The maximum Gasteiger partial charge on any atom is 0.214 e. The van der Waals surface area contributed by atoms with Crippen LogP contribution in [0.15, 0.2) is 90.0 Å². The zero-order valence-electron chi connectivity index (χ0n) is 21.1. The number of nitrogens with one attached hydrogen (secondary N) is 1. The summed E-state index contributed by atoms with van der Waals surface area (Å²) in [5.74, 6) is 1.44. The van der Waals surface area contributed by atoms with Crippen LogP contribution in [-0.2, 0) is 4.74 Å². The number of hydrogen-bond donors (Lipinski definition) is 2. The predicted molar refractivity (Wildman–Crippen MR) is 155 cm³/mol. The molecule has 5 aromatic rings. The van der Waals surface area contributed by atoms with E-state index in [0.29, 0.717) is 30.2 Å². The van der Waals surface area contributed by atoms with Crippen LogP contribution < -0.4 is 10.5 Å². The van der Waals surface area contributed by atoms with Crippen LogP contribution in [0.25, 0.3) is 22.3 Å². The number of nitrogens with zero attached hydrogens (tertiary/aromatic N) is 3. The predicted octanol–water partition coefficient (Wildman–Crippen LogP) is 6.02. The fourth-order valence-electron chi connectivity index (χ4n) is 4.66. The van der Waals surface area contributed by atoms with E-state index in [9.17, 15) is 4.79 Å². The number of H-pyrrole nitrogens is 1. The van der Waals surface area contributed by atoms with Crippen LogP contribution in [0.3, 0.4) is 0 Å². The van der Waals surface area contributed by atoms with E-state index >= 15 is 0 Å². The monoisotopic (exact) mass is 583 g/mol. The van der Waals surface area contributed by atoms with Gasteiger partial charge in [-0.2, -0.15) is 5.10 Å². The lowest BCUT2D eigenvalue weighted by molar-refractivity contribution is 0.0641. The molecule has 1 saturated heterocycles. The van der Waals surface area contributed by atoms with Crippen LogP contribution in [0.2, 0.25) is 0 Å². The first-order chi connectivity index (χ1) is 19.0. The fourth-order valence-corrected chi connectivity index (χ4v) is 5.03. The van der Waals surface area contributed by atoms with E-state index in [1.54, 1.807) is 4.68 Å². The molecule has 8 nitrogen and oxygen atoms in total. The van der Waals surface area contributed by atoms with Crippen LogP contribution in [0.4, 0.5) is 5.82 Å². The zero-order chi connectivity index (χ0) is 26.9. The summed E-state index contributed by atoms with van der Waals surface area (Å²) in [5, 5.41) is 5.31. The highest BCUT2D eigenvalue weighted by atomic mass is 79.9. The Kier molecular flexibility index (Phi) is 6.68. The Hall–Kier alpha value is -4.34. The molecule has 0 atom stereocenters. The van der Waals surface area contributed by atoms with E-state index in [2.05, 4.69) is 37.5 Å². The highest BCUT2D eigenvalue weighted by Gasteiger charge is 2.20. The number of rotatable bonds is 7. The first-order valence-corrected chi connectivity index (χ1v) is 13.3. The van der Waals surface area contributed by atoms with Crippen molar-refractivity contribution in [3.8, 4) is 17.2 Å². The van der Waals surface area contributed by atoms with Crippen molar-refractivity contribution in [1.82, 2.24) is 19.7 Å². The molecule has 0 aliphatic carbocycles. The lowest BCUT2D eigenvalue weighted by Crippen LogP contribution is -2.34. The number of carbonyl (C=O) groups is 1. The van der Waals surface area contributed by atoms with Gasteiger partial charge in [-0.15, -0.1) is 0 Å². The normalized spacial score (nSPS) is 13.5. The van der Waals surface area contributed by atoms with Gasteiger partial charge in [0, 0.05) is 34.2 Å². The molecule has 196 valence electrons. The van der Waals surface area contributed by atoms with Gasteiger partial charge >= 0.3 is 0 Å². The number of ether oxygens (including phenoxy) is 2. The lowest BCUT2D eigenvalue weighted by atomic mass is 10.1. The number of ketones is 1. The second kappa shape index (κ2) is 10.4. The lowest BCUT2D eigenvalue weighted by Gasteiger charge is -2.30. The van der Waals surface area contributed by atoms with Crippen LogP contribution in [0.5, 0.6) is 11.5 Å². The first kappa shape index (κ1) is 25.0. The molecule has 39 heavy (non-hydrogen) atoms. The highest BCUT2D eigenvalue weighted by molar-refractivity contribution is 9.10. The minimum absolute atomic E-state index is 0.224. The summed E-state index contributed by atoms with van der Waals surface area (Å²) in [5.41, 5.74) is 10.7. The summed E-state index contributed by atoms with van der Waals surface area (Å²) in [6.45, 7) is 7.30. The molecular weight excluding hydrogens is 558 g/mol. The Balaban J connectivity index is 1.21. The van der Waals surface area contributed by atoms with Gasteiger partial charge in [0.25, 0.3) is 0 Å². The van der Waals surface area contributed by atoms with Gasteiger partial charge in [-0.05, 0) is 66.2 Å². The smallest absolute Gasteiger partial charge is 0.214 e. The molecule has 1 fully saturated rings. The summed E-state index contributed by atoms with van der Waals surface area (Å²) in [7, 11) is 0.